The molecular weight excluding hydrogens is 271 g/mol. The van der Waals surface area contributed by atoms with E-state index >= 15 is 0 Å². The molecular formula is C16H19FN2O2. The van der Waals surface area contributed by atoms with E-state index in [0.717, 1.165) is 31.8 Å². The van der Waals surface area contributed by atoms with Gasteiger partial charge in [0.15, 0.2) is 0 Å². The minimum absolute atomic E-state index is 0.187. The molecule has 1 saturated heterocycles. The highest BCUT2D eigenvalue weighted by molar-refractivity contribution is 5.17. The van der Waals surface area contributed by atoms with Crippen LogP contribution in [0.1, 0.15) is 25.0 Å². The van der Waals surface area contributed by atoms with Gasteiger partial charge < -0.3 is 14.4 Å². The van der Waals surface area contributed by atoms with Gasteiger partial charge >= 0.3 is 0 Å². The maximum absolute atomic E-state index is 12.8. The summed E-state index contributed by atoms with van der Waals surface area (Å²) in [5.74, 6) is 0.479. The molecule has 4 nitrogen and oxygen atoms in total. The lowest BCUT2D eigenvalue weighted by molar-refractivity contribution is -0.0625. The van der Waals surface area contributed by atoms with Crippen LogP contribution in [0, 0.1) is 5.82 Å². The zero-order chi connectivity index (χ0) is 14.5. The van der Waals surface area contributed by atoms with Crippen LogP contribution in [0.5, 0.6) is 0 Å². The highest BCUT2D eigenvalue weighted by Gasteiger charge is 2.20. The first kappa shape index (κ1) is 14.1. The lowest BCUT2D eigenvalue weighted by atomic mass is 10.1. The van der Waals surface area contributed by atoms with Crippen LogP contribution in [0.3, 0.4) is 0 Å². The SMILES string of the molecule is Fc1ccc(COC2=CCN(C3CCCCO3)C=C2)nc1. The molecule has 1 unspecified atom stereocenters. The number of hydrogen-bond donors (Lipinski definition) is 0. The first-order chi connectivity index (χ1) is 10.3. The Hall–Kier alpha value is -1.88. The molecule has 2 aliphatic rings. The lowest BCUT2D eigenvalue weighted by Crippen LogP contribution is -2.37. The molecule has 3 rings (SSSR count). The van der Waals surface area contributed by atoms with Crippen molar-refractivity contribution >= 4 is 0 Å². The van der Waals surface area contributed by atoms with E-state index in [4.69, 9.17) is 9.47 Å². The summed E-state index contributed by atoms with van der Waals surface area (Å²) >= 11 is 0. The molecule has 5 heteroatoms. The Morgan fingerprint density at radius 3 is 3.00 bits per heavy atom. The van der Waals surface area contributed by atoms with Crippen LogP contribution >= 0.6 is 0 Å². The zero-order valence-corrected chi connectivity index (χ0v) is 11.9. The van der Waals surface area contributed by atoms with E-state index in [0.29, 0.717) is 12.3 Å². The highest BCUT2D eigenvalue weighted by Crippen LogP contribution is 2.20. The van der Waals surface area contributed by atoms with Gasteiger partial charge in [-0.15, -0.1) is 0 Å². The quantitative estimate of drug-likeness (QED) is 0.854. The van der Waals surface area contributed by atoms with Crippen molar-refractivity contribution in [3.05, 3.63) is 54.0 Å². The summed E-state index contributed by atoms with van der Waals surface area (Å²) in [6.45, 7) is 1.97. The van der Waals surface area contributed by atoms with Gasteiger partial charge in [0.2, 0.25) is 0 Å². The highest BCUT2D eigenvalue weighted by atomic mass is 19.1. The first-order valence-electron chi connectivity index (χ1n) is 7.30. The summed E-state index contributed by atoms with van der Waals surface area (Å²) in [4.78, 5) is 6.15. The molecule has 0 saturated carbocycles. The van der Waals surface area contributed by atoms with E-state index in [1.54, 1.807) is 6.07 Å². The van der Waals surface area contributed by atoms with Gasteiger partial charge in [-0.25, -0.2) is 4.39 Å². The molecule has 0 radical (unpaired) electrons. The largest absolute Gasteiger partial charge is 0.488 e. The maximum Gasteiger partial charge on any atom is 0.141 e. The van der Waals surface area contributed by atoms with Crippen LogP contribution in [0.15, 0.2) is 42.4 Å². The minimum Gasteiger partial charge on any atom is -0.488 e. The van der Waals surface area contributed by atoms with Gasteiger partial charge in [0.1, 0.15) is 24.4 Å². The molecule has 21 heavy (non-hydrogen) atoms. The van der Waals surface area contributed by atoms with Gasteiger partial charge in [-0.1, -0.05) is 0 Å². The van der Waals surface area contributed by atoms with Gasteiger partial charge in [0.25, 0.3) is 0 Å². The molecule has 0 spiro atoms. The molecule has 1 aromatic rings. The standard InChI is InChI=1S/C16H19FN2O2/c17-13-4-5-14(18-11-13)12-21-15-6-8-19(9-7-15)16-3-1-2-10-20-16/h4-8,11,16H,1-3,9-10,12H2. The van der Waals surface area contributed by atoms with E-state index in [1.165, 1.54) is 18.7 Å². The smallest absolute Gasteiger partial charge is 0.141 e. The summed E-state index contributed by atoms with van der Waals surface area (Å²) in [6.07, 6.45) is 10.8. The van der Waals surface area contributed by atoms with Crippen LogP contribution in [0.4, 0.5) is 4.39 Å². The van der Waals surface area contributed by atoms with E-state index in [2.05, 4.69) is 9.88 Å². The Morgan fingerprint density at radius 2 is 2.33 bits per heavy atom. The molecule has 0 N–H and O–H groups in total. The molecule has 0 aromatic carbocycles. The average Bonchev–Trinajstić information content (AvgIpc) is 2.56. The summed E-state index contributed by atoms with van der Waals surface area (Å²) in [5, 5.41) is 0. The lowest BCUT2D eigenvalue weighted by Gasteiger charge is -2.34. The second kappa shape index (κ2) is 6.72. The van der Waals surface area contributed by atoms with Gasteiger partial charge in [0, 0.05) is 19.4 Å². The van der Waals surface area contributed by atoms with Crippen LogP contribution in [0.25, 0.3) is 0 Å². The van der Waals surface area contributed by atoms with E-state index in [9.17, 15) is 4.39 Å². The van der Waals surface area contributed by atoms with Crippen molar-refractivity contribution in [2.45, 2.75) is 32.1 Å². The molecule has 1 fully saturated rings. The van der Waals surface area contributed by atoms with E-state index in [1.807, 2.05) is 18.4 Å². The fraction of sp³-hybridized carbons (Fsp3) is 0.438. The Balaban J connectivity index is 1.48. The Labute approximate surface area is 123 Å². The van der Waals surface area contributed by atoms with E-state index in [-0.39, 0.29) is 12.0 Å². The maximum atomic E-state index is 12.8. The molecule has 2 aliphatic heterocycles. The van der Waals surface area contributed by atoms with Crippen molar-refractivity contribution in [1.29, 1.82) is 0 Å². The van der Waals surface area contributed by atoms with Crippen molar-refractivity contribution < 1.29 is 13.9 Å². The third-order valence-corrected chi connectivity index (χ3v) is 3.63. The fourth-order valence-corrected chi connectivity index (χ4v) is 2.45. The molecule has 1 aromatic heterocycles. The topological polar surface area (TPSA) is 34.6 Å². The monoisotopic (exact) mass is 290 g/mol. The van der Waals surface area contributed by atoms with Gasteiger partial charge in [-0.2, -0.15) is 0 Å². The normalized spacial score (nSPS) is 22.0. The number of ether oxygens (including phenoxy) is 2. The number of pyridine rings is 1. The van der Waals surface area contributed by atoms with Crippen molar-refractivity contribution in [2.75, 3.05) is 13.2 Å². The second-order valence-electron chi connectivity index (χ2n) is 5.20. The summed E-state index contributed by atoms with van der Waals surface area (Å²) in [6, 6.07) is 3.02. The Morgan fingerprint density at radius 1 is 1.38 bits per heavy atom. The molecule has 0 bridgehead atoms. The van der Waals surface area contributed by atoms with Crippen LogP contribution in [-0.4, -0.2) is 29.3 Å². The fourth-order valence-electron chi connectivity index (χ4n) is 2.45. The second-order valence-corrected chi connectivity index (χ2v) is 5.20. The number of hydrogen-bond acceptors (Lipinski definition) is 4. The van der Waals surface area contributed by atoms with Crippen LogP contribution < -0.4 is 0 Å². The predicted octanol–water partition coefficient (Wildman–Crippen LogP) is 2.98. The summed E-state index contributed by atoms with van der Waals surface area (Å²) in [7, 11) is 0. The molecule has 112 valence electrons. The Bertz CT molecular complexity index is 522. The van der Waals surface area contributed by atoms with Crippen molar-refractivity contribution in [1.82, 2.24) is 9.88 Å². The average molecular weight is 290 g/mol. The van der Waals surface area contributed by atoms with Crippen molar-refractivity contribution in [3.8, 4) is 0 Å². The third-order valence-electron chi connectivity index (χ3n) is 3.63. The number of allylic oxidation sites excluding steroid dienone is 1. The number of rotatable bonds is 4. The number of nitrogens with zero attached hydrogens (tertiary/aromatic N) is 2. The van der Waals surface area contributed by atoms with Gasteiger partial charge in [-0.05, 0) is 43.5 Å². The summed E-state index contributed by atoms with van der Waals surface area (Å²) < 4.78 is 24.2. The zero-order valence-electron chi connectivity index (χ0n) is 11.9. The molecule has 3 heterocycles. The van der Waals surface area contributed by atoms with Crippen molar-refractivity contribution in [3.63, 3.8) is 0 Å². The van der Waals surface area contributed by atoms with Crippen LogP contribution in [-0.2, 0) is 16.1 Å². The third kappa shape index (κ3) is 3.82. The predicted molar refractivity (Wildman–Crippen MR) is 76.5 cm³/mol. The first-order valence-corrected chi connectivity index (χ1v) is 7.30. The number of halogens is 1. The Kier molecular flexibility index (Phi) is 4.50. The molecule has 1 atom stereocenters. The molecule has 0 amide bonds. The van der Waals surface area contributed by atoms with Crippen LogP contribution in [0.2, 0.25) is 0 Å². The van der Waals surface area contributed by atoms with Gasteiger partial charge in [0.05, 0.1) is 11.9 Å². The van der Waals surface area contributed by atoms with Gasteiger partial charge in [-0.3, -0.25) is 4.98 Å². The number of aromatic nitrogens is 1. The summed E-state index contributed by atoms with van der Waals surface area (Å²) in [5.41, 5.74) is 0.712. The minimum atomic E-state index is -0.335. The van der Waals surface area contributed by atoms with Crippen molar-refractivity contribution in [2.24, 2.45) is 0 Å². The molecule has 0 aliphatic carbocycles. The van der Waals surface area contributed by atoms with E-state index < -0.39 is 0 Å².